The lowest BCUT2D eigenvalue weighted by atomic mass is 9.75. The van der Waals surface area contributed by atoms with Crippen LogP contribution < -0.4 is 4.74 Å². The maximum absolute atomic E-state index is 6.98. The minimum Gasteiger partial charge on any atom is -0.468 e. The van der Waals surface area contributed by atoms with Crippen molar-refractivity contribution in [1.29, 1.82) is 0 Å². The zero-order chi connectivity index (χ0) is 20.1. The normalized spacial score (nSPS) is 23.0. The Labute approximate surface area is 177 Å². The van der Waals surface area contributed by atoms with E-state index < -0.39 is 5.72 Å². The topological polar surface area (TPSA) is 12.5 Å². The second kappa shape index (κ2) is 6.72. The first-order valence-electron chi connectivity index (χ1n) is 10.8. The third-order valence-electron chi connectivity index (χ3n) is 7.01. The number of hydrogen-bond donors (Lipinski definition) is 0. The number of fused-ring (bicyclic) bond motifs is 5. The standard InChI is InChI=1S/C28H25NO/c1-29-18-17-22-12-6-8-14-25(22)28(29)19-24(20-9-3-2-4-10-20)27-23-13-7-5-11-21(23)15-16-26(27)30-28/h2-16,24H,17-19H2,1H3. The van der Waals surface area contributed by atoms with Crippen LogP contribution in [0.25, 0.3) is 10.8 Å². The Hall–Kier alpha value is -3.10. The van der Waals surface area contributed by atoms with Crippen molar-refractivity contribution in [2.75, 3.05) is 13.6 Å². The molecule has 148 valence electrons. The van der Waals surface area contributed by atoms with Crippen LogP contribution >= 0.6 is 0 Å². The van der Waals surface area contributed by atoms with Gasteiger partial charge >= 0.3 is 0 Å². The lowest BCUT2D eigenvalue weighted by molar-refractivity contribution is -0.104. The summed E-state index contributed by atoms with van der Waals surface area (Å²) < 4.78 is 6.98. The van der Waals surface area contributed by atoms with Crippen LogP contribution in [0.4, 0.5) is 0 Å². The fourth-order valence-corrected chi connectivity index (χ4v) is 5.49. The lowest BCUT2D eigenvalue weighted by Crippen LogP contribution is -2.55. The first-order chi connectivity index (χ1) is 14.8. The molecule has 0 saturated heterocycles. The molecule has 0 bridgehead atoms. The summed E-state index contributed by atoms with van der Waals surface area (Å²) in [6.07, 6.45) is 1.98. The molecule has 2 aliphatic rings. The van der Waals surface area contributed by atoms with Crippen LogP contribution in [-0.4, -0.2) is 18.5 Å². The van der Waals surface area contributed by atoms with E-state index in [0.717, 1.165) is 25.1 Å². The molecule has 0 radical (unpaired) electrons. The number of nitrogens with zero attached hydrogens (tertiary/aromatic N) is 1. The van der Waals surface area contributed by atoms with Crippen LogP contribution in [0.5, 0.6) is 5.75 Å². The lowest BCUT2D eigenvalue weighted by Gasteiger charge is -2.51. The summed E-state index contributed by atoms with van der Waals surface area (Å²) in [7, 11) is 2.21. The van der Waals surface area contributed by atoms with Crippen molar-refractivity contribution in [3.8, 4) is 5.75 Å². The van der Waals surface area contributed by atoms with Crippen molar-refractivity contribution in [2.45, 2.75) is 24.5 Å². The zero-order valence-electron chi connectivity index (χ0n) is 17.2. The third kappa shape index (κ3) is 2.54. The second-order valence-corrected chi connectivity index (χ2v) is 8.58. The predicted octanol–water partition coefficient (Wildman–Crippen LogP) is 6.10. The SMILES string of the molecule is CN1CCc2ccccc2C12CC(c1ccccc1)c1c(ccc3ccccc13)O2. The molecule has 4 aromatic carbocycles. The molecular formula is C28H25NO. The Kier molecular flexibility index (Phi) is 3.97. The summed E-state index contributed by atoms with van der Waals surface area (Å²) >= 11 is 0. The van der Waals surface area contributed by atoms with Gasteiger partial charge in [0.1, 0.15) is 5.75 Å². The molecule has 0 fully saturated rings. The molecule has 4 aromatic rings. The number of ether oxygens (including phenoxy) is 1. The van der Waals surface area contributed by atoms with Gasteiger partial charge in [0.15, 0.2) is 5.72 Å². The Morgan fingerprint density at radius 1 is 0.833 bits per heavy atom. The Morgan fingerprint density at radius 2 is 1.60 bits per heavy atom. The highest BCUT2D eigenvalue weighted by Gasteiger charge is 2.49. The van der Waals surface area contributed by atoms with E-state index in [-0.39, 0.29) is 5.92 Å². The summed E-state index contributed by atoms with van der Waals surface area (Å²) in [6.45, 7) is 1.00. The van der Waals surface area contributed by atoms with E-state index in [0.29, 0.717) is 0 Å². The van der Waals surface area contributed by atoms with Crippen molar-refractivity contribution in [3.63, 3.8) is 0 Å². The van der Waals surface area contributed by atoms with Crippen molar-refractivity contribution < 1.29 is 4.74 Å². The molecule has 2 aliphatic heterocycles. The molecule has 2 atom stereocenters. The Bertz CT molecular complexity index is 1230. The van der Waals surface area contributed by atoms with Crippen LogP contribution in [-0.2, 0) is 12.1 Å². The highest BCUT2D eigenvalue weighted by atomic mass is 16.5. The van der Waals surface area contributed by atoms with Crippen molar-refractivity contribution in [3.05, 3.63) is 113 Å². The molecule has 1 spiro atoms. The van der Waals surface area contributed by atoms with Crippen molar-refractivity contribution in [1.82, 2.24) is 4.90 Å². The number of likely N-dealkylation sites (N-methyl/N-ethyl adjacent to an activating group) is 1. The van der Waals surface area contributed by atoms with E-state index in [2.05, 4.69) is 103 Å². The monoisotopic (exact) mass is 391 g/mol. The molecule has 6 rings (SSSR count). The van der Waals surface area contributed by atoms with Gasteiger partial charge in [0.2, 0.25) is 0 Å². The molecular weight excluding hydrogens is 366 g/mol. The van der Waals surface area contributed by atoms with E-state index in [1.54, 1.807) is 0 Å². The van der Waals surface area contributed by atoms with Crippen LogP contribution in [0.1, 0.15) is 34.6 Å². The zero-order valence-corrected chi connectivity index (χ0v) is 17.2. The molecule has 0 N–H and O–H groups in total. The average molecular weight is 392 g/mol. The summed E-state index contributed by atoms with van der Waals surface area (Å²) in [5.41, 5.74) is 4.96. The van der Waals surface area contributed by atoms with E-state index in [1.807, 2.05) is 0 Å². The van der Waals surface area contributed by atoms with Gasteiger partial charge in [-0.2, -0.15) is 0 Å². The number of rotatable bonds is 1. The van der Waals surface area contributed by atoms with Gasteiger partial charge in [-0.25, -0.2) is 0 Å². The Morgan fingerprint density at radius 3 is 2.50 bits per heavy atom. The van der Waals surface area contributed by atoms with Gasteiger partial charge in [0.25, 0.3) is 0 Å². The first kappa shape index (κ1) is 17.7. The van der Waals surface area contributed by atoms with Crippen LogP contribution in [0.15, 0.2) is 91.0 Å². The molecule has 0 aliphatic carbocycles. The van der Waals surface area contributed by atoms with Gasteiger partial charge in [-0.15, -0.1) is 0 Å². The summed E-state index contributed by atoms with van der Waals surface area (Å²) in [4.78, 5) is 2.42. The van der Waals surface area contributed by atoms with E-state index >= 15 is 0 Å². The minimum atomic E-state index is -0.440. The van der Waals surface area contributed by atoms with Gasteiger partial charge in [-0.1, -0.05) is 84.9 Å². The number of benzene rings is 4. The van der Waals surface area contributed by atoms with Crippen LogP contribution in [0.2, 0.25) is 0 Å². The average Bonchev–Trinajstić information content (AvgIpc) is 2.81. The van der Waals surface area contributed by atoms with Gasteiger partial charge < -0.3 is 4.74 Å². The molecule has 0 aromatic heterocycles. The van der Waals surface area contributed by atoms with Gasteiger partial charge in [-0.3, -0.25) is 4.90 Å². The van der Waals surface area contributed by atoms with Gasteiger partial charge in [0, 0.05) is 30.0 Å². The second-order valence-electron chi connectivity index (χ2n) is 8.58. The third-order valence-corrected chi connectivity index (χ3v) is 7.01. The predicted molar refractivity (Wildman–Crippen MR) is 122 cm³/mol. The smallest absolute Gasteiger partial charge is 0.190 e. The van der Waals surface area contributed by atoms with Gasteiger partial charge in [0.05, 0.1) is 0 Å². The summed E-state index contributed by atoms with van der Waals surface area (Å²) in [6, 6.07) is 32.8. The molecule has 0 amide bonds. The number of hydrogen-bond acceptors (Lipinski definition) is 2. The minimum absolute atomic E-state index is 0.273. The van der Waals surface area contributed by atoms with E-state index in [4.69, 9.17) is 4.74 Å². The summed E-state index contributed by atoms with van der Waals surface area (Å²) in [5.74, 6) is 1.28. The van der Waals surface area contributed by atoms with E-state index in [1.165, 1.54) is 33.0 Å². The Balaban J connectivity index is 1.63. The highest BCUT2D eigenvalue weighted by Crippen LogP contribution is 2.53. The van der Waals surface area contributed by atoms with E-state index in [9.17, 15) is 0 Å². The quantitative estimate of drug-likeness (QED) is 0.389. The molecule has 30 heavy (non-hydrogen) atoms. The molecule has 2 nitrogen and oxygen atoms in total. The fourth-order valence-electron chi connectivity index (χ4n) is 5.49. The summed E-state index contributed by atoms with van der Waals surface area (Å²) in [5, 5.41) is 2.57. The largest absolute Gasteiger partial charge is 0.468 e. The maximum atomic E-state index is 6.98. The van der Waals surface area contributed by atoms with Crippen LogP contribution in [0.3, 0.4) is 0 Å². The van der Waals surface area contributed by atoms with Crippen LogP contribution in [0, 0.1) is 0 Å². The van der Waals surface area contributed by atoms with Crippen molar-refractivity contribution >= 4 is 10.8 Å². The van der Waals surface area contributed by atoms with Crippen molar-refractivity contribution in [2.24, 2.45) is 0 Å². The molecule has 2 heteroatoms. The van der Waals surface area contributed by atoms with Gasteiger partial charge in [-0.05, 0) is 41.4 Å². The fraction of sp³-hybridized carbons (Fsp3) is 0.214. The highest BCUT2D eigenvalue weighted by molar-refractivity contribution is 5.89. The first-order valence-corrected chi connectivity index (χ1v) is 10.8. The molecule has 2 heterocycles. The molecule has 2 unspecified atom stereocenters. The maximum Gasteiger partial charge on any atom is 0.190 e. The molecule has 0 saturated carbocycles.